The molecule has 0 amide bonds. The molecule has 102 valence electrons. The van der Waals surface area contributed by atoms with Crippen molar-refractivity contribution in [3.8, 4) is 5.75 Å². The summed E-state index contributed by atoms with van der Waals surface area (Å²) in [4.78, 5) is 11.5. The fourth-order valence-electron chi connectivity index (χ4n) is 2.05. The molecule has 0 saturated heterocycles. The van der Waals surface area contributed by atoms with Crippen molar-refractivity contribution in [1.29, 1.82) is 0 Å². The Kier molecular flexibility index (Phi) is 4.20. The molecule has 0 aromatic heterocycles. The number of carbonyl (C=O) groups is 1. The van der Waals surface area contributed by atoms with E-state index in [2.05, 4.69) is 0 Å². The van der Waals surface area contributed by atoms with Gasteiger partial charge in [-0.2, -0.15) is 0 Å². The summed E-state index contributed by atoms with van der Waals surface area (Å²) in [6.45, 7) is 1.97. The van der Waals surface area contributed by atoms with Crippen molar-refractivity contribution in [2.75, 3.05) is 7.11 Å². The molecule has 2 rings (SSSR count). The third kappa shape index (κ3) is 3.06. The Morgan fingerprint density at radius 2 is 1.90 bits per heavy atom. The lowest BCUT2D eigenvalue weighted by atomic mass is 10.0. The summed E-state index contributed by atoms with van der Waals surface area (Å²) in [6.07, 6.45) is 1.66. The average molecular weight is 268 g/mol. The van der Waals surface area contributed by atoms with Crippen LogP contribution < -0.4 is 4.74 Å². The molecule has 0 unspecified atom stereocenters. The molecule has 0 fully saturated rings. The van der Waals surface area contributed by atoms with Gasteiger partial charge in [0.05, 0.1) is 12.7 Å². The van der Waals surface area contributed by atoms with Gasteiger partial charge in [0, 0.05) is 5.56 Å². The van der Waals surface area contributed by atoms with E-state index in [1.165, 1.54) is 7.11 Å². The molecule has 0 saturated carbocycles. The van der Waals surface area contributed by atoms with Crippen molar-refractivity contribution in [1.82, 2.24) is 0 Å². The van der Waals surface area contributed by atoms with Gasteiger partial charge in [-0.1, -0.05) is 48.0 Å². The number of ether oxygens (including phenoxy) is 1. The first-order chi connectivity index (χ1) is 9.61. The van der Waals surface area contributed by atoms with E-state index in [-0.39, 0.29) is 5.57 Å². The van der Waals surface area contributed by atoms with Gasteiger partial charge in [0.25, 0.3) is 0 Å². The Labute approximate surface area is 118 Å². The van der Waals surface area contributed by atoms with Crippen molar-refractivity contribution in [3.63, 3.8) is 0 Å². The lowest BCUT2D eigenvalue weighted by Gasteiger charge is -2.09. The summed E-state index contributed by atoms with van der Waals surface area (Å²) in [6, 6.07) is 14.8. The van der Waals surface area contributed by atoms with Crippen molar-refractivity contribution >= 4 is 17.6 Å². The minimum atomic E-state index is -0.976. The molecule has 3 nitrogen and oxygen atoms in total. The second-order valence-corrected chi connectivity index (χ2v) is 4.48. The summed E-state index contributed by atoms with van der Waals surface area (Å²) < 4.78 is 5.23. The smallest absolute Gasteiger partial charge is 0.336 e. The molecule has 0 aliphatic carbocycles. The molecule has 0 aliphatic rings. The van der Waals surface area contributed by atoms with Crippen LogP contribution in [0.4, 0.5) is 0 Å². The number of aliphatic carboxylic acids is 1. The third-order valence-electron chi connectivity index (χ3n) is 2.98. The molecule has 20 heavy (non-hydrogen) atoms. The van der Waals surface area contributed by atoms with Gasteiger partial charge in [-0.3, -0.25) is 0 Å². The number of rotatable bonds is 4. The first-order valence-corrected chi connectivity index (χ1v) is 6.27. The highest BCUT2D eigenvalue weighted by Gasteiger charge is 2.14. The Hall–Kier alpha value is -2.55. The zero-order valence-corrected chi connectivity index (χ0v) is 11.5. The van der Waals surface area contributed by atoms with Gasteiger partial charge in [-0.05, 0) is 24.6 Å². The van der Waals surface area contributed by atoms with E-state index < -0.39 is 5.97 Å². The zero-order chi connectivity index (χ0) is 14.5. The van der Waals surface area contributed by atoms with Gasteiger partial charge in [0.15, 0.2) is 0 Å². The van der Waals surface area contributed by atoms with E-state index in [0.717, 1.165) is 11.1 Å². The largest absolute Gasteiger partial charge is 0.496 e. The molecule has 2 aromatic rings. The average Bonchev–Trinajstić information content (AvgIpc) is 2.44. The zero-order valence-electron chi connectivity index (χ0n) is 11.5. The number of carboxylic acids is 1. The Balaban J connectivity index is 2.54. The van der Waals surface area contributed by atoms with Crippen molar-refractivity contribution in [2.24, 2.45) is 0 Å². The first-order valence-electron chi connectivity index (χ1n) is 6.27. The molecule has 0 heterocycles. The fraction of sp³-hybridized carbons (Fsp3) is 0.118. The summed E-state index contributed by atoms with van der Waals surface area (Å²) >= 11 is 0. The van der Waals surface area contributed by atoms with E-state index >= 15 is 0 Å². The molecule has 0 spiro atoms. The number of hydrogen-bond acceptors (Lipinski definition) is 2. The number of aryl methyl sites for hydroxylation is 1. The second-order valence-electron chi connectivity index (χ2n) is 4.48. The molecule has 2 aromatic carbocycles. The van der Waals surface area contributed by atoms with Crippen molar-refractivity contribution in [2.45, 2.75) is 6.92 Å². The molecule has 0 bridgehead atoms. The van der Waals surface area contributed by atoms with Gasteiger partial charge in [-0.15, -0.1) is 0 Å². The minimum Gasteiger partial charge on any atom is -0.496 e. The molecule has 0 atom stereocenters. The number of methoxy groups -OCH3 is 1. The Morgan fingerprint density at radius 1 is 1.15 bits per heavy atom. The molecule has 3 heteroatoms. The summed E-state index contributed by atoms with van der Waals surface area (Å²) in [5, 5.41) is 9.45. The maximum atomic E-state index is 11.5. The van der Waals surface area contributed by atoms with E-state index in [1.807, 2.05) is 37.3 Å². The van der Waals surface area contributed by atoms with E-state index in [1.54, 1.807) is 24.3 Å². The summed E-state index contributed by atoms with van der Waals surface area (Å²) in [5.74, 6) is -0.426. The van der Waals surface area contributed by atoms with Gasteiger partial charge in [0.2, 0.25) is 0 Å². The van der Waals surface area contributed by atoms with Crippen molar-refractivity contribution < 1.29 is 14.6 Å². The predicted octanol–water partition coefficient (Wildman–Crippen LogP) is 3.63. The SMILES string of the molecule is COc1ccccc1/C(=C\c1cccc(C)c1)C(=O)O. The highest BCUT2D eigenvalue weighted by atomic mass is 16.5. The van der Waals surface area contributed by atoms with E-state index in [4.69, 9.17) is 4.74 Å². The van der Waals surface area contributed by atoms with Crippen LogP contribution in [0, 0.1) is 6.92 Å². The maximum absolute atomic E-state index is 11.5. The van der Waals surface area contributed by atoms with Crippen LogP contribution in [0.5, 0.6) is 5.75 Å². The monoisotopic (exact) mass is 268 g/mol. The number of benzene rings is 2. The van der Waals surface area contributed by atoms with Gasteiger partial charge in [0.1, 0.15) is 5.75 Å². The van der Waals surface area contributed by atoms with Gasteiger partial charge in [-0.25, -0.2) is 4.79 Å². The van der Waals surface area contributed by atoms with Crippen LogP contribution in [-0.4, -0.2) is 18.2 Å². The summed E-state index contributed by atoms with van der Waals surface area (Å²) in [7, 11) is 1.53. The van der Waals surface area contributed by atoms with Crippen molar-refractivity contribution in [3.05, 3.63) is 65.2 Å². The summed E-state index contributed by atoms with van der Waals surface area (Å²) in [5.41, 5.74) is 2.73. The number of hydrogen-bond donors (Lipinski definition) is 1. The topological polar surface area (TPSA) is 46.5 Å². The lowest BCUT2D eigenvalue weighted by molar-refractivity contribution is -0.130. The molecular weight excluding hydrogens is 252 g/mol. The van der Waals surface area contributed by atoms with E-state index in [0.29, 0.717) is 11.3 Å². The van der Waals surface area contributed by atoms with Crippen LogP contribution in [0.3, 0.4) is 0 Å². The van der Waals surface area contributed by atoms with Gasteiger partial charge >= 0.3 is 5.97 Å². The molecule has 0 radical (unpaired) electrons. The quantitative estimate of drug-likeness (QED) is 0.680. The fourth-order valence-corrected chi connectivity index (χ4v) is 2.05. The van der Waals surface area contributed by atoms with Crippen LogP contribution in [0.15, 0.2) is 48.5 Å². The van der Waals surface area contributed by atoms with Gasteiger partial charge < -0.3 is 9.84 Å². The molecule has 0 aliphatic heterocycles. The standard InChI is InChI=1S/C17H16O3/c1-12-6-5-7-13(10-12)11-15(17(18)19)14-8-3-4-9-16(14)20-2/h3-11H,1-2H3,(H,18,19)/b15-11+. The third-order valence-corrected chi connectivity index (χ3v) is 2.98. The highest BCUT2D eigenvalue weighted by Crippen LogP contribution is 2.27. The first kappa shape index (κ1) is 13.9. The molecule has 1 N–H and O–H groups in total. The second kappa shape index (κ2) is 6.06. The number of para-hydroxylation sites is 1. The molecular formula is C17H16O3. The normalized spacial score (nSPS) is 11.2. The maximum Gasteiger partial charge on any atom is 0.336 e. The van der Waals surface area contributed by atoms with Crippen LogP contribution in [0.2, 0.25) is 0 Å². The highest BCUT2D eigenvalue weighted by molar-refractivity contribution is 6.21. The predicted molar refractivity (Wildman–Crippen MR) is 79.7 cm³/mol. The minimum absolute atomic E-state index is 0.216. The van der Waals surface area contributed by atoms with Crippen LogP contribution in [0.25, 0.3) is 11.6 Å². The van der Waals surface area contributed by atoms with Crippen LogP contribution in [0.1, 0.15) is 16.7 Å². The van der Waals surface area contributed by atoms with Crippen LogP contribution in [-0.2, 0) is 4.79 Å². The Morgan fingerprint density at radius 3 is 2.55 bits per heavy atom. The number of carboxylic acid groups (broad SMARTS) is 1. The lowest BCUT2D eigenvalue weighted by Crippen LogP contribution is -2.01. The van der Waals surface area contributed by atoms with Crippen LogP contribution >= 0.6 is 0 Å². The Bertz CT molecular complexity index is 657. The van der Waals surface area contributed by atoms with E-state index in [9.17, 15) is 9.90 Å².